The summed E-state index contributed by atoms with van der Waals surface area (Å²) < 4.78 is 40.4. The molecule has 1 aromatic heterocycles. The Hall–Kier alpha value is -2.53. The molecule has 1 aliphatic carbocycles. The topological polar surface area (TPSA) is 95.2 Å². The molecule has 3 rings (SSSR count). The predicted molar refractivity (Wildman–Crippen MR) is 148 cm³/mol. The van der Waals surface area contributed by atoms with Crippen LogP contribution in [-0.4, -0.2) is 43.1 Å². The average molecular weight is 572 g/mol. The van der Waals surface area contributed by atoms with Crippen LogP contribution in [0.15, 0.2) is 24.3 Å². The molecule has 1 aromatic carbocycles. The number of hydrogen-bond acceptors (Lipinski definition) is 4. The van der Waals surface area contributed by atoms with E-state index in [4.69, 9.17) is 11.6 Å². The molecule has 12 heteroatoms. The normalized spacial score (nSPS) is 19.5. The summed E-state index contributed by atoms with van der Waals surface area (Å²) >= 11 is 6.11. The molecular formula is C26H37ClF3N5O2Si. The fourth-order valence-corrected chi connectivity index (χ4v) is 6.79. The van der Waals surface area contributed by atoms with Crippen molar-refractivity contribution in [2.75, 3.05) is 5.32 Å². The van der Waals surface area contributed by atoms with Crippen LogP contribution in [0, 0.1) is 0 Å². The van der Waals surface area contributed by atoms with Gasteiger partial charge in [0.2, 0.25) is 14.5 Å². The summed E-state index contributed by atoms with van der Waals surface area (Å²) in [5.74, 6) is 0. The van der Waals surface area contributed by atoms with Crippen LogP contribution in [0.1, 0.15) is 72.9 Å². The summed E-state index contributed by atoms with van der Waals surface area (Å²) in [6.07, 6.45) is -1.91. The Balaban J connectivity index is 1.66. The fourth-order valence-electron chi connectivity index (χ4n) is 4.53. The van der Waals surface area contributed by atoms with Gasteiger partial charge in [-0.05, 0) is 75.8 Å². The largest absolute Gasteiger partial charge is 0.433 e. The van der Waals surface area contributed by atoms with Gasteiger partial charge in [-0.2, -0.15) is 13.2 Å². The van der Waals surface area contributed by atoms with Crippen molar-refractivity contribution in [1.82, 2.24) is 20.6 Å². The fraction of sp³-hybridized carbons (Fsp3) is 0.577. The summed E-state index contributed by atoms with van der Waals surface area (Å²) in [5, 5.41) is 9.80. The lowest BCUT2D eigenvalue weighted by Gasteiger charge is -2.34. The molecule has 1 aliphatic rings. The minimum absolute atomic E-state index is 0.0693. The van der Waals surface area contributed by atoms with Crippen LogP contribution in [0.25, 0.3) is 10.9 Å². The molecule has 3 amide bonds. The van der Waals surface area contributed by atoms with Crippen LogP contribution in [0.4, 0.5) is 28.4 Å². The van der Waals surface area contributed by atoms with Crippen molar-refractivity contribution in [3.8, 4) is 0 Å². The third-order valence-electron chi connectivity index (χ3n) is 6.39. The molecule has 0 unspecified atom stereocenters. The summed E-state index contributed by atoms with van der Waals surface area (Å²) in [7, 11) is -2.42. The number of nitrogens with one attached hydrogen (secondary N) is 4. The first-order valence-electron chi connectivity index (χ1n) is 12.8. The van der Waals surface area contributed by atoms with Crippen molar-refractivity contribution in [3.05, 3.63) is 35.0 Å². The first-order chi connectivity index (χ1) is 17.4. The maximum absolute atomic E-state index is 13.5. The Morgan fingerprint density at radius 1 is 0.974 bits per heavy atom. The highest BCUT2D eigenvalue weighted by atomic mass is 35.5. The van der Waals surface area contributed by atoms with Gasteiger partial charge in [-0.15, -0.1) is 0 Å². The first kappa shape index (κ1) is 30.0. The van der Waals surface area contributed by atoms with Gasteiger partial charge >= 0.3 is 12.2 Å². The van der Waals surface area contributed by atoms with Crippen LogP contribution < -0.4 is 20.9 Å². The maximum atomic E-state index is 13.5. The van der Waals surface area contributed by atoms with Gasteiger partial charge < -0.3 is 20.9 Å². The molecule has 0 saturated heterocycles. The number of alkyl halides is 3. The smallest absolute Gasteiger partial charge is 0.382 e. The van der Waals surface area contributed by atoms with Crippen molar-refractivity contribution >= 4 is 48.7 Å². The number of halogens is 4. The van der Waals surface area contributed by atoms with Gasteiger partial charge in [0.25, 0.3) is 0 Å². The molecule has 0 aliphatic heterocycles. The monoisotopic (exact) mass is 571 g/mol. The van der Waals surface area contributed by atoms with Gasteiger partial charge in [0.15, 0.2) is 0 Å². The Labute approximate surface area is 228 Å². The number of benzene rings is 1. The molecule has 1 saturated carbocycles. The summed E-state index contributed by atoms with van der Waals surface area (Å²) in [6, 6.07) is 5.15. The standard InChI is InChI=1S/C26H37ClF3N5O2Si/c1-24(2,3)34-22(36)35-38(25(4,5)6)23(37)32-17-10-8-16(9-11-17)31-20-14-21(26(28,29)30)33-19-12-7-15(27)13-18(19)20/h7,12-14,16-17,38H,8-11H2,1-6H3,(H,31,33)(H,32,37)(H2,34,35,36)/t16-,17+,38-/m1/s1. The number of aromatic nitrogens is 1. The third kappa shape index (κ3) is 8.23. The van der Waals surface area contributed by atoms with Crippen LogP contribution in [0.3, 0.4) is 0 Å². The van der Waals surface area contributed by atoms with Crippen molar-refractivity contribution in [2.24, 2.45) is 0 Å². The van der Waals surface area contributed by atoms with E-state index in [-0.39, 0.29) is 34.2 Å². The van der Waals surface area contributed by atoms with E-state index in [0.717, 1.165) is 6.07 Å². The molecular weight excluding hydrogens is 535 g/mol. The number of nitrogens with zero attached hydrogens (tertiary/aromatic N) is 1. The second kappa shape index (κ2) is 11.3. The highest BCUT2D eigenvalue weighted by Gasteiger charge is 2.38. The number of rotatable bonds is 5. The van der Waals surface area contributed by atoms with Gasteiger partial charge in [0.05, 0.1) is 5.52 Å². The minimum atomic E-state index is -4.57. The lowest BCUT2D eigenvalue weighted by atomic mass is 9.91. The molecule has 1 atom stereocenters. The van der Waals surface area contributed by atoms with Crippen LogP contribution >= 0.6 is 11.6 Å². The molecule has 0 bridgehead atoms. The quantitative estimate of drug-likeness (QED) is 0.306. The molecule has 0 radical (unpaired) electrons. The molecule has 38 heavy (non-hydrogen) atoms. The number of anilines is 1. The summed E-state index contributed by atoms with van der Waals surface area (Å²) in [5.41, 5.74) is -0.949. The first-order valence-corrected chi connectivity index (χ1v) is 14.9. The van der Waals surface area contributed by atoms with Gasteiger partial charge in [-0.1, -0.05) is 32.4 Å². The maximum Gasteiger partial charge on any atom is 0.433 e. The van der Waals surface area contributed by atoms with Crippen LogP contribution in [0.2, 0.25) is 10.1 Å². The van der Waals surface area contributed by atoms with Crippen LogP contribution in [0.5, 0.6) is 0 Å². The van der Waals surface area contributed by atoms with Gasteiger partial charge in [-0.3, -0.25) is 4.79 Å². The average Bonchev–Trinajstić information content (AvgIpc) is 2.76. The number of fused-ring (bicyclic) bond motifs is 1. The van der Waals surface area contributed by atoms with Gasteiger partial charge in [0, 0.05) is 33.7 Å². The number of urea groups is 1. The van der Waals surface area contributed by atoms with Crippen molar-refractivity contribution < 1.29 is 22.8 Å². The zero-order valence-electron chi connectivity index (χ0n) is 22.6. The van der Waals surface area contributed by atoms with E-state index in [9.17, 15) is 22.8 Å². The third-order valence-corrected chi connectivity index (χ3v) is 9.60. The number of carbonyl (C=O) groups excluding carboxylic acids is 2. The zero-order chi connectivity index (χ0) is 28.5. The highest BCUT2D eigenvalue weighted by Crippen LogP contribution is 2.35. The molecule has 1 heterocycles. The second-order valence-corrected chi connectivity index (χ2v) is 15.9. The van der Waals surface area contributed by atoms with E-state index in [0.29, 0.717) is 41.8 Å². The van der Waals surface area contributed by atoms with Gasteiger partial charge in [0.1, 0.15) is 5.69 Å². The van der Waals surface area contributed by atoms with Crippen molar-refractivity contribution in [3.63, 3.8) is 0 Å². The number of hydrogen-bond donors (Lipinski definition) is 4. The molecule has 0 spiro atoms. The molecule has 4 N–H and O–H groups in total. The SMILES string of the molecule is CC(C)(C)NC(=O)N[Si@H](C(=O)N[C@H]1CC[C@@H](Nc2cc(C(F)(F)F)nc3ccc(Cl)cc23)CC1)C(C)(C)C. The molecule has 2 aromatic rings. The van der Waals surface area contributed by atoms with E-state index in [1.54, 1.807) is 6.07 Å². The number of pyridine rings is 1. The van der Waals surface area contributed by atoms with Crippen molar-refractivity contribution in [2.45, 2.75) is 96.1 Å². The van der Waals surface area contributed by atoms with Crippen LogP contribution in [-0.2, 0) is 6.18 Å². The Morgan fingerprint density at radius 2 is 1.58 bits per heavy atom. The van der Waals surface area contributed by atoms with E-state index in [1.165, 1.54) is 12.1 Å². The van der Waals surface area contributed by atoms with E-state index in [2.05, 4.69) is 25.9 Å². The Kier molecular flexibility index (Phi) is 8.92. The molecule has 210 valence electrons. The summed E-state index contributed by atoms with van der Waals surface area (Å²) in [6.45, 7) is 11.5. The lowest BCUT2D eigenvalue weighted by molar-refractivity contribution is -0.140. The molecule has 7 nitrogen and oxygen atoms in total. The van der Waals surface area contributed by atoms with E-state index in [1.807, 2.05) is 41.5 Å². The highest BCUT2D eigenvalue weighted by molar-refractivity contribution is 6.91. The van der Waals surface area contributed by atoms with E-state index >= 15 is 0 Å². The van der Waals surface area contributed by atoms with Gasteiger partial charge in [-0.25, -0.2) is 9.78 Å². The molecule has 1 fully saturated rings. The zero-order valence-corrected chi connectivity index (χ0v) is 24.6. The number of amides is 3. The Morgan fingerprint density at radius 3 is 2.13 bits per heavy atom. The summed E-state index contributed by atoms with van der Waals surface area (Å²) in [4.78, 5) is 32.4. The van der Waals surface area contributed by atoms with E-state index < -0.39 is 26.4 Å². The minimum Gasteiger partial charge on any atom is -0.382 e. The number of carbonyl (C=O) groups is 2. The predicted octanol–water partition coefficient (Wildman–Crippen LogP) is 6.54. The van der Waals surface area contributed by atoms with Crippen molar-refractivity contribution in [1.29, 1.82) is 0 Å². The Bertz CT molecular complexity index is 1170. The lowest BCUT2D eigenvalue weighted by Crippen LogP contribution is -2.60. The second-order valence-electron chi connectivity index (χ2n) is 12.1.